The molecule has 2 fully saturated rings. The number of rotatable bonds is 2. The van der Waals surface area contributed by atoms with Crippen LogP contribution in [-0.4, -0.2) is 23.2 Å². The van der Waals surface area contributed by atoms with Crippen LogP contribution < -0.4 is 4.90 Å². The van der Waals surface area contributed by atoms with Gasteiger partial charge in [-0.1, -0.05) is 0 Å². The van der Waals surface area contributed by atoms with E-state index in [0.717, 1.165) is 46.5 Å². The van der Waals surface area contributed by atoms with Gasteiger partial charge in [-0.2, -0.15) is 0 Å². The Morgan fingerprint density at radius 2 is 2.19 bits per heavy atom. The minimum atomic E-state index is 0.0585. The van der Waals surface area contributed by atoms with Crippen molar-refractivity contribution in [3.63, 3.8) is 0 Å². The number of pyridine rings is 1. The lowest BCUT2D eigenvalue weighted by atomic mass is 10.2. The molecule has 1 saturated carbocycles. The fraction of sp³-hybridized carbons (Fsp3) is 0.583. The second kappa shape index (κ2) is 3.70. The van der Waals surface area contributed by atoms with Crippen LogP contribution >= 0.6 is 15.9 Å². The largest absolute Gasteiger partial charge is 0.392 e. The average Bonchev–Trinajstić information content (AvgIpc) is 2.88. The first kappa shape index (κ1) is 10.5. The van der Waals surface area contributed by atoms with E-state index in [9.17, 15) is 5.11 Å². The molecule has 1 aliphatic heterocycles. The highest BCUT2D eigenvalue weighted by Crippen LogP contribution is 2.47. The van der Waals surface area contributed by atoms with Gasteiger partial charge in [-0.05, 0) is 52.7 Å². The van der Waals surface area contributed by atoms with Crippen LogP contribution in [0.1, 0.15) is 17.7 Å². The van der Waals surface area contributed by atoms with E-state index in [-0.39, 0.29) is 6.61 Å². The maximum absolute atomic E-state index is 9.17. The predicted molar refractivity (Wildman–Crippen MR) is 66.4 cm³/mol. The first-order valence-corrected chi connectivity index (χ1v) is 6.50. The summed E-state index contributed by atoms with van der Waals surface area (Å²) in [6, 6.07) is 1.99. The van der Waals surface area contributed by atoms with Crippen molar-refractivity contribution in [2.75, 3.05) is 18.0 Å². The van der Waals surface area contributed by atoms with Crippen LogP contribution in [0.4, 0.5) is 5.82 Å². The smallest absolute Gasteiger partial charge is 0.143 e. The van der Waals surface area contributed by atoms with Crippen molar-refractivity contribution in [1.29, 1.82) is 0 Å². The third-order valence-electron chi connectivity index (χ3n) is 3.70. The second-order valence-corrected chi connectivity index (χ2v) is 5.71. The van der Waals surface area contributed by atoms with Crippen LogP contribution in [0.5, 0.6) is 0 Å². The molecule has 0 radical (unpaired) electrons. The summed E-state index contributed by atoms with van der Waals surface area (Å²) in [7, 11) is 0. The first-order valence-electron chi connectivity index (χ1n) is 5.71. The van der Waals surface area contributed by atoms with Gasteiger partial charge in [-0.15, -0.1) is 0 Å². The summed E-state index contributed by atoms with van der Waals surface area (Å²) in [6.07, 6.45) is 1.40. The normalized spacial score (nSPS) is 27.1. The summed E-state index contributed by atoms with van der Waals surface area (Å²) >= 11 is 3.55. The third kappa shape index (κ3) is 1.64. The van der Waals surface area contributed by atoms with Gasteiger partial charge in [0.1, 0.15) is 5.82 Å². The molecule has 86 valence electrons. The minimum absolute atomic E-state index is 0.0585. The van der Waals surface area contributed by atoms with E-state index in [2.05, 4.69) is 25.8 Å². The first-order chi connectivity index (χ1) is 7.69. The minimum Gasteiger partial charge on any atom is -0.392 e. The highest BCUT2D eigenvalue weighted by Gasteiger charge is 2.45. The molecular weight excluding hydrogens is 268 g/mol. The zero-order valence-corrected chi connectivity index (χ0v) is 10.9. The molecule has 0 spiro atoms. The summed E-state index contributed by atoms with van der Waals surface area (Å²) in [5, 5.41) is 9.17. The second-order valence-electron chi connectivity index (χ2n) is 4.86. The summed E-state index contributed by atoms with van der Waals surface area (Å²) in [5.41, 5.74) is 1.83. The molecule has 2 unspecified atom stereocenters. The lowest BCUT2D eigenvalue weighted by molar-refractivity contribution is 0.280. The average molecular weight is 283 g/mol. The summed E-state index contributed by atoms with van der Waals surface area (Å²) in [6.45, 7) is 4.31. The molecule has 0 aromatic carbocycles. The van der Waals surface area contributed by atoms with Gasteiger partial charge in [0.15, 0.2) is 0 Å². The van der Waals surface area contributed by atoms with Crippen molar-refractivity contribution in [2.45, 2.75) is 20.0 Å². The van der Waals surface area contributed by atoms with Crippen LogP contribution in [0.3, 0.4) is 0 Å². The standard InChI is InChI=1S/C12H15BrN2O/c1-7-10(6-16)3-11(13)12(14-7)15-4-8-2-9(8)5-15/h3,8-9,16H,2,4-6H2,1H3. The SMILES string of the molecule is Cc1nc(N2CC3CC3C2)c(Br)cc1CO. The van der Waals surface area contributed by atoms with Gasteiger partial charge >= 0.3 is 0 Å². The van der Waals surface area contributed by atoms with Crippen LogP contribution in [0, 0.1) is 18.8 Å². The summed E-state index contributed by atoms with van der Waals surface area (Å²) in [5.74, 6) is 2.86. The number of anilines is 1. The van der Waals surface area contributed by atoms with Crippen molar-refractivity contribution in [3.8, 4) is 0 Å². The molecule has 2 atom stereocenters. The zero-order chi connectivity index (χ0) is 11.3. The van der Waals surface area contributed by atoms with Gasteiger partial charge in [-0.3, -0.25) is 0 Å². The Morgan fingerprint density at radius 3 is 2.81 bits per heavy atom. The number of aromatic nitrogens is 1. The fourth-order valence-electron chi connectivity index (χ4n) is 2.56. The van der Waals surface area contributed by atoms with Gasteiger partial charge in [0.25, 0.3) is 0 Å². The number of halogens is 1. The van der Waals surface area contributed by atoms with Crippen LogP contribution in [0.2, 0.25) is 0 Å². The van der Waals surface area contributed by atoms with Crippen molar-refractivity contribution < 1.29 is 5.11 Å². The Bertz CT molecular complexity index is 425. The number of aliphatic hydroxyl groups is 1. The van der Waals surface area contributed by atoms with Gasteiger partial charge in [-0.25, -0.2) is 4.98 Å². The fourth-order valence-corrected chi connectivity index (χ4v) is 3.17. The van der Waals surface area contributed by atoms with Crippen molar-refractivity contribution in [2.24, 2.45) is 11.8 Å². The molecule has 1 aliphatic carbocycles. The Balaban J connectivity index is 1.91. The molecule has 1 aromatic rings. The summed E-state index contributed by atoms with van der Waals surface area (Å²) in [4.78, 5) is 6.96. The Kier molecular flexibility index (Phi) is 2.44. The van der Waals surface area contributed by atoms with Crippen LogP contribution in [0.15, 0.2) is 10.5 Å². The lowest BCUT2D eigenvalue weighted by Crippen LogP contribution is -2.23. The maximum atomic E-state index is 9.17. The van der Waals surface area contributed by atoms with E-state index < -0.39 is 0 Å². The third-order valence-corrected chi connectivity index (χ3v) is 4.29. The van der Waals surface area contributed by atoms with E-state index in [1.807, 2.05) is 13.0 Å². The topological polar surface area (TPSA) is 36.4 Å². The Labute approximate surface area is 104 Å². The van der Waals surface area contributed by atoms with Gasteiger partial charge in [0.2, 0.25) is 0 Å². The molecule has 2 aliphatic rings. The molecular formula is C12H15BrN2O. The number of aryl methyl sites for hydroxylation is 1. The monoisotopic (exact) mass is 282 g/mol. The predicted octanol–water partition coefficient (Wildman–Crippen LogP) is 2.10. The Morgan fingerprint density at radius 1 is 1.50 bits per heavy atom. The molecule has 0 bridgehead atoms. The number of fused-ring (bicyclic) bond motifs is 1. The molecule has 16 heavy (non-hydrogen) atoms. The molecule has 1 saturated heterocycles. The van der Waals surface area contributed by atoms with E-state index in [1.54, 1.807) is 0 Å². The van der Waals surface area contributed by atoms with Crippen LogP contribution in [-0.2, 0) is 6.61 Å². The van der Waals surface area contributed by atoms with E-state index in [1.165, 1.54) is 6.42 Å². The highest BCUT2D eigenvalue weighted by atomic mass is 79.9. The van der Waals surface area contributed by atoms with Crippen molar-refractivity contribution in [1.82, 2.24) is 4.98 Å². The quantitative estimate of drug-likeness (QED) is 0.903. The number of hydrogen-bond acceptors (Lipinski definition) is 3. The molecule has 1 aromatic heterocycles. The van der Waals surface area contributed by atoms with Gasteiger partial charge in [0.05, 0.1) is 11.1 Å². The number of hydrogen-bond donors (Lipinski definition) is 1. The number of nitrogens with zero attached hydrogens (tertiary/aromatic N) is 2. The number of aliphatic hydroxyl groups excluding tert-OH is 1. The van der Waals surface area contributed by atoms with Crippen molar-refractivity contribution in [3.05, 3.63) is 21.8 Å². The lowest BCUT2D eigenvalue weighted by Gasteiger charge is -2.21. The number of piperidine rings is 1. The molecule has 3 nitrogen and oxygen atoms in total. The van der Waals surface area contributed by atoms with Crippen molar-refractivity contribution >= 4 is 21.7 Å². The zero-order valence-electron chi connectivity index (χ0n) is 9.28. The van der Waals surface area contributed by atoms with Gasteiger partial charge < -0.3 is 10.0 Å². The van der Waals surface area contributed by atoms with E-state index in [0.29, 0.717) is 0 Å². The Hall–Kier alpha value is -0.610. The molecule has 2 heterocycles. The van der Waals surface area contributed by atoms with E-state index in [4.69, 9.17) is 0 Å². The molecule has 0 amide bonds. The molecule has 4 heteroatoms. The summed E-state index contributed by atoms with van der Waals surface area (Å²) < 4.78 is 1.00. The van der Waals surface area contributed by atoms with Gasteiger partial charge in [0, 0.05) is 18.8 Å². The molecule has 1 N–H and O–H groups in total. The molecule has 3 rings (SSSR count). The maximum Gasteiger partial charge on any atom is 0.143 e. The highest BCUT2D eigenvalue weighted by molar-refractivity contribution is 9.10. The van der Waals surface area contributed by atoms with E-state index >= 15 is 0 Å². The van der Waals surface area contributed by atoms with Crippen LogP contribution in [0.25, 0.3) is 0 Å².